The number of anilines is 1. The second kappa shape index (κ2) is 7.64. The van der Waals surface area contributed by atoms with Gasteiger partial charge in [0.2, 0.25) is 0 Å². The van der Waals surface area contributed by atoms with Crippen LogP contribution in [0.4, 0.5) is 11.4 Å². The molecule has 3 heteroatoms. The molecule has 0 fully saturated rings. The van der Waals surface area contributed by atoms with E-state index in [4.69, 9.17) is 0 Å². The SMILES string of the molecule is Cc1ccc2c(c1)[C@@H]1C=CC[C@@H]1[C@@H](c1ccc(N=Cc3ccc(Br)cc3)cc1)N2. The van der Waals surface area contributed by atoms with Crippen LogP contribution >= 0.6 is 15.9 Å². The Morgan fingerprint density at radius 3 is 2.59 bits per heavy atom. The van der Waals surface area contributed by atoms with Gasteiger partial charge in [0.15, 0.2) is 0 Å². The van der Waals surface area contributed by atoms with Crippen molar-refractivity contribution in [3.05, 3.63) is 106 Å². The number of allylic oxidation sites excluding steroid dienone is 2. The molecule has 0 spiro atoms. The Morgan fingerprint density at radius 2 is 1.79 bits per heavy atom. The topological polar surface area (TPSA) is 24.4 Å². The molecule has 0 amide bonds. The number of nitrogens with one attached hydrogen (secondary N) is 1. The molecule has 0 saturated carbocycles. The van der Waals surface area contributed by atoms with Gasteiger partial charge in [-0.3, -0.25) is 4.99 Å². The van der Waals surface area contributed by atoms with Gasteiger partial charge in [-0.1, -0.05) is 70.0 Å². The lowest BCUT2D eigenvalue weighted by atomic mass is 9.76. The Hall–Kier alpha value is -2.65. The quantitative estimate of drug-likeness (QED) is 0.333. The van der Waals surface area contributed by atoms with Gasteiger partial charge < -0.3 is 5.32 Å². The molecule has 3 aromatic rings. The number of hydrogen-bond donors (Lipinski definition) is 1. The van der Waals surface area contributed by atoms with Gasteiger partial charge in [-0.05, 0) is 66.3 Å². The van der Waals surface area contributed by atoms with Crippen molar-refractivity contribution in [2.24, 2.45) is 10.9 Å². The van der Waals surface area contributed by atoms with Gasteiger partial charge in [-0.15, -0.1) is 0 Å². The Balaban J connectivity index is 1.38. The van der Waals surface area contributed by atoms with Crippen LogP contribution in [0.2, 0.25) is 0 Å². The third-order valence-corrected chi connectivity index (χ3v) is 6.53. The summed E-state index contributed by atoms with van der Waals surface area (Å²) in [5, 5.41) is 3.81. The molecule has 0 saturated heterocycles. The van der Waals surface area contributed by atoms with Crippen molar-refractivity contribution in [1.29, 1.82) is 0 Å². The first-order valence-electron chi connectivity index (χ1n) is 10.1. The summed E-state index contributed by atoms with van der Waals surface area (Å²) >= 11 is 3.47. The van der Waals surface area contributed by atoms with Crippen LogP contribution in [0.25, 0.3) is 0 Å². The summed E-state index contributed by atoms with van der Waals surface area (Å²) in [5.74, 6) is 1.08. The molecule has 1 aliphatic carbocycles. The predicted molar refractivity (Wildman–Crippen MR) is 125 cm³/mol. The summed E-state index contributed by atoms with van der Waals surface area (Å²) in [4.78, 5) is 4.63. The van der Waals surface area contributed by atoms with E-state index >= 15 is 0 Å². The number of hydrogen-bond acceptors (Lipinski definition) is 2. The molecule has 0 aromatic heterocycles. The summed E-state index contributed by atoms with van der Waals surface area (Å²) in [6.07, 6.45) is 7.78. The molecular formula is C26H23BrN2. The number of aryl methyl sites for hydroxylation is 1. The van der Waals surface area contributed by atoms with Gasteiger partial charge in [-0.2, -0.15) is 0 Å². The lowest BCUT2D eigenvalue weighted by molar-refractivity contribution is 0.425. The zero-order chi connectivity index (χ0) is 19.8. The molecule has 0 radical (unpaired) electrons. The third kappa shape index (κ3) is 3.67. The molecule has 29 heavy (non-hydrogen) atoms. The molecular weight excluding hydrogens is 420 g/mol. The van der Waals surface area contributed by atoms with Crippen LogP contribution in [-0.4, -0.2) is 6.21 Å². The molecule has 1 heterocycles. The first kappa shape index (κ1) is 18.4. The molecule has 3 aromatic carbocycles. The maximum Gasteiger partial charge on any atom is 0.0630 e. The van der Waals surface area contributed by atoms with Crippen LogP contribution in [0.3, 0.4) is 0 Å². The minimum absolute atomic E-state index is 0.328. The van der Waals surface area contributed by atoms with Crippen LogP contribution in [-0.2, 0) is 0 Å². The van der Waals surface area contributed by atoms with E-state index in [0.717, 1.165) is 22.1 Å². The first-order valence-corrected chi connectivity index (χ1v) is 10.9. The van der Waals surface area contributed by atoms with Gasteiger partial charge in [0.05, 0.1) is 11.7 Å². The van der Waals surface area contributed by atoms with Crippen molar-refractivity contribution in [3.8, 4) is 0 Å². The average molecular weight is 443 g/mol. The Kier molecular flexibility index (Phi) is 4.84. The lowest BCUT2D eigenvalue weighted by Gasteiger charge is -2.37. The summed E-state index contributed by atoms with van der Waals surface area (Å²) in [6.45, 7) is 2.17. The molecule has 3 atom stereocenters. The number of halogens is 1. The monoisotopic (exact) mass is 442 g/mol. The van der Waals surface area contributed by atoms with Gasteiger partial charge in [-0.25, -0.2) is 0 Å². The highest BCUT2D eigenvalue weighted by Crippen LogP contribution is 2.49. The minimum Gasteiger partial charge on any atom is -0.378 e. The molecule has 1 N–H and O–H groups in total. The van der Waals surface area contributed by atoms with Gasteiger partial charge in [0.1, 0.15) is 0 Å². The molecule has 0 unspecified atom stereocenters. The second-order valence-corrected chi connectivity index (χ2v) is 8.88. The predicted octanol–water partition coefficient (Wildman–Crippen LogP) is 7.33. The van der Waals surface area contributed by atoms with Crippen LogP contribution in [0, 0.1) is 12.8 Å². The van der Waals surface area contributed by atoms with E-state index in [1.54, 1.807) is 0 Å². The van der Waals surface area contributed by atoms with E-state index < -0.39 is 0 Å². The largest absolute Gasteiger partial charge is 0.378 e. The van der Waals surface area contributed by atoms with Gasteiger partial charge >= 0.3 is 0 Å². The van der Waals surface area contributed by atoms with Crippen molar-refractivity contribution in [2.75, 3.05) is 5.32 Å². The van der Waals surface area contributed by atoms with E-state index in [2.05, 4.69) is 99.9 Å². The maximum absolute atomic E-state index is 4.63. The highest BCUT2D eigenvalue weighted by Gasteiger charge is 2.37. The fourth-order valence-corrected chi connectivity index (χ4v) is 4.77. The Morgan fingerprint density at radius 1 is 1.00 bits per heavy atom. The van der Waals surface area contributed by atoms with Crippen LogP contribution in [0.15, 0.2) is 88.3 Å². The maximum atomic E-state index is 4.63. The fourth-order valence-electron chi connectivity index (χ4n) is 4.51. The number of aliphatic imine (C=N–C) groups is 1. The highest BCUT2D eigenvalue weighted by atomic mass is 79.9. The van der Waals surface area contributed by atoms with Crippen molar-refractivity contribution >= 4 is 33.5 Å². The molecule has 2 nitrogen and oxygen atoms in total. The number of nitrogens with zero attached hydrogens (tertiary/aromatic N) is 1. The van der Waals surface area contributed by atoms with E-state index in [1.165, 1.54) is 22.4 Å². The smallest absolute Gasteiger partial charge is 0.0630 e. The third-order valence-electron chi connectivity index (χ3n) is 6.00. The number of fused-ring (bicyclic) bond motifs is 3. The highest BCUT2D eigenvalue weighted by molar-refractivity contribution is 9.10. The van der Waals surface area contributed by atoms with Crippen molar-refractivity contribution in [2.45, 2.75) is 25.3 Å². The zero-order valence-electron chi connectivity index (χ0n) is 16.3. The average Bonchev–Trinajstić information content (AvgIpc) is 3.24. The van der Waals surface area contributed by atoms with E-state index in [-0.39, 0.29) is 0 Å². The Bertz CT molecular complexity index is 1080. The van der Waals surface area contributed by atoms with Gasteiger partial charge in [0, 0.05) is 22.3 Å². The zero-order valence-corrected chi connectivity index (χ0v) is 17.9. The van der Waals surface area contributed by atoms with Crippen LogP contribution in [0.5, 0.6) is 0 Å². The molecule has 2 aliphatic rings. The molecule has 1 aliphatic heterocycles. The number of benzene rings is 3. The van der Waals surface area contributed by atoms with E-state index in [0.29, 0.717) is 17.9 Å². The lowest BCUT2D eigenvalue weighted by Crippen LogP contribution is -2.29. The van der Waals surface area contributed by atoms with E-state index in [9.17, 15) is 0 Å². The minimum atomic E-state index is 0.328. The van der Waals surface area contributed by atoms with E-state index in [1.807, 2.05) is 18.3 Å². The van der Waals surface area contributed by atoms with Crippen LogP contribution < -0.4 is 5.32 Å². The molecule has 5 rings (SSSR count). The number of rotatable bonds is 3. The summed E-state index contributed by atoms with van der Waals surface area (Å²) in [7, 11) is 0. The van der Waals surface area contributed by atoms with Crippen molar-refractivity contribution in [1.82, 2.24) is 0 Å². The first-order chi connectivity index (χ1) is 14.2. The fraction of sp³-hybridized carbons (Fsp3) is 0.192. The normalized spacial score (nSPS) is 22.3. The van der Waals surface area contributed by atoms with Crippen LogP contribution in [0.1, 0.15) is 40.6 Å². The summed E-state index contributed by atoms with van der Waals surface area (Å²) in [6, 6.07) is 24.0. The second-order valence-electron chi connectivity index (χ2n) is 7.97. The van der Waals surface area contributed by atoms with Gasteiger partial charge in [0.25, 0.3) is 0 Å². The summed E-state index contributed by atoms with van der Waals surface area (Å²) < 4.78 is 1.08. The Labute approximate surface area is 180 Å². The summed E-state index contributed by atoms with van der Waals surface area (Å²) in [5.41, 5.74) is 7.44. The van der Waals surface area contributed by atoms with Crippen molar-refractivity contribution in [3.63, 3.8) is 0 Å². The molecule has 0 bridgehead atoms. The molecule has 144 valence electrons. The van der Waals surface area contributed by atoms with Crippen molar-refractivity contribution < 1.29 is 0 Å². The standard InChI is InChI=1S/C26H23BrN2/c1-17-5-14-25-24(15-17)22-3-2-4-23(22)26(29-25)19-8-12-21(13-9-19)28-16-18-6-10-20(27)11-7-18/h2-3,5-16,22-23,26,29H,4H2,1H3/t22-,23+,26-/m1/s1.